The van der Waals surface area contributed by atoms with Crippen molar-refractivity contribution in [2.45, 2.75) is 51.3 Å². The highest BCUT2D eigenvalue weighted by Gasteiger charge is 2.31. The fourth-order valence-corrected chi connectivity index (χ4v) is 5.08. The van der Waals surface area contributed by atoms with Gasteiger partial charge in [-0.15, -0.1) is 0 Å². The van der Waals surface area contributed by atoms with E-state index in [2.05, 4.69) is 37.9 Å². The van der Waals surface area contributed by atoms with Gasteiger partial charge in [-0.3, -0.25) is 9.89 Å². The van der Waals surface area contributed by atoms with E-state index < -0.39 is 10.0 Å². The lowest BCUT2D eigenvalue weighted by molar-refractivity contribution is 0.0692. The van der Waals surface area contributed by atoms with Crippen LogP contribution in [0.3, 0.4) is 0 Å². The van der Waals surface area contributed by atoms with Crippen LogP contribution < -0.4 is 0 Å². The minimum absolute atomic E-state index is 0.156. The first-order valence-electron chi connectivity index (χ1n) is 10.7. The van der Waals surface area contributed by atoms with Crippen LogP contribution in [0.5, 0.6) is 0 Å². The maximum absolute atomic E-state index is 13.0. The van der Waals surface area contributed by atoms with Crippen molar-refractivity contribution in [3.63, 3.8) is 0 Å². The van der Waals surface area contributed by atoms with E-state index in [4.69, 9.17) is 0 Å². The maximum atomic E-state index is 13.0. The number of nitrogens with one attached hydrogen (secondary N) is 1. The van der Waals surface area contributed by atoms with Crippen LogP contribution in [0.25, 0.3) is 0 Å². The predicted molar refractivity (Wildman–Crippen MR) is 117 cm³/mol. The van der Waals surface area contributed by atoms with E-state index in [9.17, 15) is 13.2 Å². The van der Waals surface area contributed by atoms with Gasteiger partial charge >= 0.3 is 0 Å². The lowest BCUT2D eigenvalue weighted by atomic mass is 9.99. The zero-order valence-corrected chi connectivity index (χ0v) is 19.1. The number of carbonyl (C=O) groups excluding carboxylic acids is 1. The van der Waals surface area contributed by atoms with Crippen molar-refractivity contribution in [1.29, 1.82) is 0 Å². The summed E-state index contributed by atoms with van der Waals surface area (Å²) >= 11 is 0. The van der Waals surface area contributed by atoms with Crippen LogP contribution in [-0.2, 0) is 16.4 Å². The summed E-state index contributed by atoms with van der Waals surface area (Å²) in [5.74, 6) is 0.719. The molecule has 1 aromatic heterocycles. The molecule has 1 aromatic carbocycles. The molecule has 0 radical (unpaired) electrons. The van der Waals surface area contributed by atoms with Crippen LogP contribution in [0, 0.1) is 5.92 Å². The van der Waals surface area contributed by atoms with Crippen molar-refractivity contribution >= 4 is 15.9 Å². The molecule has 1 unspecified atom stereocenters. The van der Waals surface area contributed by atoms with Crippen LogP contribution in [-0.4, -0.2) is 59.9 Å². The summed E-state index contributed by atoms with van der Waals surface area (Å²) in [6.45, 7) is 9.74. The van der Waals surface area contributed by atoms with Crippen LogP contribution in [0.15, 0.2) is 35.2 Å². The van der Waals surface area contributed by atoms with E-state index in [1.165, 1.54) is 4.31 Å². The number of piperazine rings is 1. The SMILES string of the molecule is CCC(C)c1ccc(S(=O)(=O)N2CCN(C(=O)c3cc(CC(C)C)[nH]n3)CC2)cc1. The van der Waals surface area contributed by atoms with Crippen molar-refractivity contribution in [3.05, 3.63) is 47.3 Å². The maximum Gasteiger partial charge on any atom is 0.274 e. The summed E-state index contributed by atoms with van der Waals surface area (Å²) in [5, 5.41) is 7.07. The Hall–Kier alpha value is -2.19. The quantitative estimate of drug-likeness (QED) is 0.728. The standard InChI is InChI=1S/C22H32N4O3S/c1-5-17(4)18-6-8-20(9-7-18)30(28,29)26-12-10-25(11-13-26)22(27)21-15-19(23-24-21)14-16(2)3/h6-9,15-17H,5,10-14H2,1-4H3,(H,23,24). The minimum atomic E-state index is -3.56. The molecule has 0 saturated carbocycles. The van der Waals surface area contributed by atoms with Gasteiger partial charge in [0, 0.05) is 31.9 Å². The fourth-order valence-electron chi connectivity index (χ4n) is 3.66. The number of rotatable bonds is 7. The Morgan fingerprint density at radius 1 is 1.10 bits per heavy atom. The molecule has 30 heavy (non-hydrogen) atoms. The molecule has 1 atom stereocenters. The molecule has 3 rings (SSSR count). The van der Waals surface area contributed by atoms with Gasteiger partial charge < -0.3 is 4.90 Å². The molecule has 7 nitrogen and oxygen atoms in total. The third-order valence-corrected chi connectivity index (χ3v) is 7.62. The van der Waals surface area contributed by atoms with Gasteiger partial charge in [-0.05, 0) is 48.4 Å². The number of amides is 1. The molecule has 1 saturated heterocycles. The number of H-pyrrole nitrogens is 1. The Bertz CT molecular complexity index is 959. The van der Waals surface area contributed by atoms with E-state index in [0.29, 0.717) is 35.5 Å². The third kappa shape index (κ3) is 4.92. The molecule has 0 aliphatic carbocycles. The number of sulfonamides is 1. The molecule has 0 spiro atoms. The van der Waals surface area contributed by atoms with Gasteiger partial charge in [-0.2, -0.15) is 9.40 Å². The molecule has 0 bridgehead atoms. The van der Waals surface area contributed by atoms with Crippen molar-refractivity contribution in [1.82, 2.24) is 19.4 Å². The van der Waals surface area contributed by atoms with Crippen molar-refractivity contribution in [2.75, 3.05) is 26.2 Å². The van der Waals surface area contributed by atoms with Crippen LogP contribution in [0.2, 0.25) is 0 Å². The van der Waals surface area contributed by atoms with E-state index in [1.807, 2.05) is 12.1 Å². The molecule has 1 aliphatic heterocycles. The lowest BCUT2D eigenvalue weighted by Crippen LogP contribution is -2.50. The summed E-state index contributed by atoms with van der Waals surface area (Å²) in [6, 6.07) is 8.97. The average molecular weight is 433 g/mol. The van der Waals surface area contributed by atoms with Gasteiger partial charge in [0.25, 0.3) is 5.91 Å². The second kappa shape index (κ2) is 9.31. The summed E-state index contributed by atoms with van der Waals surface area (Å²) in [7, 11) is -3.56. The molecular weight excluding hydrogens is 400 g/mol. The van der Waals surface area contributed by atoms with Crippen LogP contribution in [0.4, 0.5) is 0 Å². The first-order valence-corrected chi connectivity index (χ1v) is 12.1. The lowest BCUT2D eigenvalue weighted by Gasteiger charge is -2.33. The summed E-state index contributed by atoms with van der Waals surface area (Å²) in [5.41, 5.74) is 2.47. The number of aromatic amines is 1. The number of benzene rings is 1. The highest BCUT2D eigenvalue weighted by molar-refractivity contribution is 7.89. The number of nitrogens with zero attached hydrogens (tertiary/aromatic N) is 3. The van der Waals surface area contributed by atoms with Gasteiger partial charge in [0.05, 0.1) is 4.90 Å². The molecule has 1 N–H and O–H groups in total. The second-order valence-electron chi connectivity index (χ2n) is 8.45. The average Bonchev–Trinajstić information content (AvgIpc) is 3.20. The molecule has 1 fully saturated rings. The van der Waals surface area contributed by atoms with Gasteiger partial charge in [0.15, 0.2) is 0 Å². The van der Waals surface area contributed by atoms with Gasteiger partial charge in [-0.1, -0.05) is 39.8 Å². The Kier molecular flexibility index (Phi) is 6.98. The first-order chi connectivity index (χ1) is 14.2. The molecule has 2 heterocycles. The number of aromatic nitrogens is 2. The summed E-state index contributed by atoms with van der Waals surface area (Å²) in [4.78, 5) is 14.7. The van der Waals surface area contributed by atoms with Crippen molar-refractivity contribution in [3.8, 4) is 0 Å². The zero-order valence-electron chi connectivity index (χ0n) is 18.3. The van der Waals surface area contributed by atoms with E-state index in [0.717, 1.165) is 24.1 Å². The minimum Gasteiger partial charge on any atom is -0.335 e. The second-order valence-corrected chi connectivity index (χ2v) is 10.4. The molecule has 2 aromatic rings. The van der Waals surface area contributed by atoms with Gasteiger partial charge in [-0.25, -0.2) is 8.42 Å². The number of carbonyl (C=O) groups is 1. The smallest absolute Gasteiger partial charge is 0.274 e. The monoisotopic (exact) mass is 432 g/mol. The Balaban J connectivity index is 1.62. The molecule has 1 aliphatic rings. The number of hydrogen-bond acceptors (Lipinski definition) is 4. The first kappa shape index (κ1) is 22.5. The Morgan fingerprint density at radius 2 is 1.73 bits per heavy atom. The van der Waals surface area contributed by atoms with Crippen LogP contribution in [0.1, 0.15) is 61.8 Å². The third-order valence-electron chi connectivity index (χ3n) is 5.70. The fraction of sp³-hybridized carbons (Fsp3) is 0.545. The van der Waals surface area contributed by atoms with Gasteiger partial charge in [0.1, 0.15) is 5.69 Å². The molecular formula is C22H32N4O3S. The van der Waals surface area contributed by atoms with Crippen molar-refractivity contribution in [2.24, 2.45) is 5.92 Å². The highest BCUT2D eigenvalue weighted by atomic mass is 32.2. The van der Waals surface area contributed by atoms with E-state index in [1.54, 1.807) is 23.1 Å². The largest absolute Gasteiger partial charge is 0.335 e. The summed E-state index contributed by atoms with van der Waals surface area (Å²) in [6.07, 6.45) is 1.85. The van der Waals surface area contributed by atoms with Gasteiger partial charge in [0.2, 0.25) is 10.0 Å². The highest BCUT2D eigenvalue weighted by Crippen LogP contribution is 2.23. The normalized spacial score (nSPS) is 16.8. The summed E-state index contributed by atoms with van der Waals surface area (Å²) < 4.78 is 27.5. The van der Waals surface area contributed by atoms with E-state index >= 15 is 0 Å². The van der Waals surface area contributed by atoms with E-state index in [-0.39, 0.29) is 19.0 Å². The predicted octanol–water partition coefficient (Wildman–Crippen LogP) is 3.27. The molecule has 8 heteroatoms. The topological polar surface area (TPSA) is 86.4 Å². The Labute approximate surface area is 179 Å². The van der Waals surface area contributed by atoms with Crippen LogP contribution >= 0.6 is 0 Å². The number of hydrogen-bond donors (Lipinski definition) is 1. The Morgan fingerprint density at radius 3 is 2.30 bits per heavy atom. The van der Waals surface area contributed by atoms with Crippen molar-refractivity contribution < 1.29 is 13.2 Å². The molecule has 1 amide bonds. The molecule has 164 valence electrons. The zero-order chi connectivity index (χ0) is 21.9.